The van der Waals surface area contributed by atoms with Crippen molar-refractivity contribution in [2.45, 2.75) is 33.1 Å². The van der Waals surface area contributed by atoms with Crippen LogP contribution >= 0.6 is 0 Å². The molecule has 0 fully saturated rings. The molecule has 0 radical (unpaired) electrons. The Balaban J connectivity index is 1.74. The van der Waals surface area contributed by atoms with Crippen LogP contribution in [-0.2, 0) is 4.74 Å². The molecule has 3 nitrogen and oxygen atoms in total. The molecule has 0 atom stereocenters. The zero-order chi connectivity index (χ0) is 19.5. The van der Waals surface area contributed by atoms with Gasteiger partial charge in [-0.15, -0.1) is 6.58 Å². The van der Waals surface area contributed by atoms with E-state index in [1.807, 2.05) is 43.3 Å². The topological polar surface area (TPSA) is 27.7 Å². The Morgan fingerprint density at radius 2 is 1.70 bits per heavy atom. The molecular weight excluding hydrogens is 336 g/mol. The molecule has 2 aromatic carbocycles. The first kappa shape index (κ1) is 20.8. The van der Waals surface area contributed by atoms with E-state index in [-0.39, 0.29) is 0 Å². The molecule has 0 spiro atoms. The lowest BCUT2D eigenvalue weighted by atomic mass is 10.1. The smallest absolute Gasteiger partial charge is 0.130 e. The summed E-state index contributed by atoms with van der Waals surface area (Å²) in [7, 11) is 0. The predicted molar refractivity (Wildman–Crippen MR) is 112 cm³/mol. The van der Waals surface area contributed by atoms with Gasteiger partial charge in [-0.1, -0.05) is 30.4 Å². The summed E-state index contributed by atoms with van der Waals surface area (Å²) in [5.74, 6) is 2.33. The molecule has 0 amide bonds. The van der Waals surface area contributed by atoms with Gasteiger partial charge in [0.25, 0.3) is 0 Å². The van der Waals surface area contributed by atoms with Gasteiger partial charge >= 0.3 is 0 Å². The number of unbranched alkanes of at least 4 members (excludes halogenated alkanes) is 2. The Hall–Kier alpha value is -2.52. The second-order valence-corrected chi connectivity index (χ2v) is 6.59. The first-order valence-corrected chi connectivity index (χ1v) is 9.46. The molecule has 0 aromatic heterocycles. The van der Waals surface area contributed by atoms with Crippen LogP contribution in [0.5, 0.6) is 11.5 Å². The molecule has 0 bridgehead atoms. The molecule has 0 saturated heterocycles. The average Bonchev–Trinajstić information content (AvgIpc) is 2.66. The highest BCUT2D eigenvalue weighted by molar-refractivity contribution is 5.61. The van der Waals surface area contributed by atoms with Crippen molar-refractivity contribution in [2.24, 2.45) is 0 Å². The van der Waals surface area contributed by atoms with Crippen LogP contribution < -0.4 is 9.47 Å². The van der Waals surface area contributed by atoms with E-state index in [9.17, 15) is 0 Å². The van der Waals surface area contributed by atoms with Crippen LogP contribution in [0, 0.1) is 13.8 Å². The van der Waals surface area contributed by atoms with Gasteiger partial charge in [0.1, 0.15) is 17.3 Å². The molecule has 2 aromatic rings. The third kappa shape index (κ3) is 7.32. The van der Waals surface area contributed by atoms with Crippen LogP contribution in [0.1, 0.15) is 36.0 Å². The monoisotopic (exact) mass is 366 g/mol. The number of benzene rings is 2. The Bertz CT molecular complexity index is 732. The number of aryl methyl sites for hydroxylation is 2. The summed E-state index contributed by atoms with van der Waals surface area (Å²) in [6.45, 7) is 13.9. The van der Waals surface area contributed by atoms with Gasteiger partial charge in [-0.25, -0.2) is 0 Å². The zero-order valence-electron chi connectivity index (χ0n) is 16.5. The Labute approximate surface area is 163 Å². The highest BCUT2D eigenvalue weighted by Gasteiger charge is 2.05. The lowest BCUT2D eigenvalue weighted by Crippen LogP contribution is -2.00. The van der Waals surface area contributed by atoms with Crippen molar-refractivity contribution in [1.29, 1.82) is 0 Å². The third-order valence-corrected chi connectivity index (χ3v) is 4.18. The van der Waals surface area contributed by atoms with E-state index in [1.165, 1.54) is 5.56 Å². The largest absolute Gasteiger partial charge is 0.494 e. The van der Waals surface area contributed by atoms with E-state index in [4.69, 9.17) is 14.2 Å². The third-order valence-electron chi connectivity index (χ3n) is 4.18. The van der Waals surface area contributed by atoms with E-state index in [0.29, 0.717) is 19.0 Å². The molecular formula is C24H30O3. The fourth-order valence-corrected chi connectivity index (χ4v) is 2.68. The lowest BCUT2D eigenvalue weighted by molar-refractivity contribution is 0.155. The van der Waals surface area contributed by atoms with Gasteiger partial charge in [-0.3, -0.25) is 0 Å². The van der Waals surface area contributed by atoms with Crippen molar-refractivity contribution in [1.82, 2.24) is 0 Å². The molecule has 0 unspecified atom stereocenters. The van der Waals surface area contributed by atoms with Gasteiger partial charge in [0.2, 0.25) is 0 Å². The molecule has 27 heavy (non-hydrogen) atoms. The summed E-state index contributed by atoms with van der Waals surface area (Å²) in [6.07, 6.45) is 4.93. The summed E-state index contributed by atoms with van der Waals surface area (Å²) in [4.78, 5) is 0. The average molecular weight is 367 g/mol. The maximum absolute atomic E-state index is 5.93. The molecule has 2 rings (SSSR count). The van der Waals surface area contributed by atoms with Crippen molar-refractivity contribution in [2.75, 3.05) is 19.8 Å². The molecule has 0 N–H and O–H groups in total. The maximum Gasteiger partial charge on any atom is 0.130 e. The van der Waals surface area contributed by atoms with Crippen molar-refractivity contribution in [3.8, 4) is 11.5 Å². The number of hydrogen-bond donors (Lipinski definition) is 0. The molecule has 0 aliphatic carbocycles. The molecule has 0 heterocycles. The highest BCUT2D eigenvalue weighted by Crippen LogP contribution is 2.25. The summed E-state index contributed by atoms with van der Waals surface area (Å²) < 4.78 is 17.1. The molecule has 3 heteroatoms. The second-order valence-electron chi connectivity index (χ2n) is 6.59. The standard InChI is InChI=1S/C24H30O3/c1-5-15-25-16-7-6-8-17-26-23-12-10-22(11-13-23)21(4)27-24-14-9-19(2)18-20(24)3/h5,9-14,18H,1,4,6-8,15-17H2,2-3H3. The van der Waals surface area contributed by atoms with Crippen molar-refractivity contribution < 1.29 is 14.2 Å². The van der Waals surface area contributed by atoms with Crippen LogP contribution in [0.15, 0.2) is 61.7 Å². The van der Waals surface area contributed by atoms with Crippen LogP contribution in [0.3, 0.4) is 0 Å². The first-order valence-electron chi connectivity index (χ1n) is 9.46. The predicted octanol–water partition coefficient (Wildman–Crippen LogP) is 6.10. The van der Waals surface area contributed by atoms with Crippen LogP contribution in [0.25, 0.3) is 5.76 Å². The minimum atomic E-state index is 0.626. The van der Waals surface area contributed by atoms with E-state index >= 15 is 0 Å². The minimum absolute atomic E-state index is 0.626. The molecule has 0 saturated carbocycles. The maximum atomic E-state index is 5.93. The van der Waals surface area contributed by atoms with E-state index < -0.39 is 0 Å². The van der Waals surface area contributed by atoms with Crippen LogP contribution in [0.2, 0.25) is 0 Å². The van der Waals surface area contributed by atoms with E-state index in [2.05, 4.69) is 26.1 Å². The van der Waals surface area contributed by atoms with Gasteiger partial charge < -0.3 is 14.2 Å². The van der Waals surface area contributed by atoms with Crippen LogP contribution in [0.4, 0.5) is 0 Å². The van der Waals surface area contributed by atoms with Gasteiger partial charge in [0, 0.05) is 12.2 Å². The van der Waals surface area contributed by atoms with Gasteiger partial charge in [0.15, 0.2) is 0 Å². The molecule has 144 valence electrons. The molecule has 0 aliphatic rings. The van der Waals surface area contributed by atoms with E-state index in [0.717, 1.165) is 48.5 Å². The van der Waals surface area contributed by atoms with Crippen molar-refractivity contribution in [3.63, 3.8) is 0 Å². The normalized spacial score (nSPS) is 10.4. The molecule has 0 aliphatic heterocycles. The zero-order valence-corrected chi connectivity index (χ0v) is 16.5. The Morgan fingerprint density at radius 3 is 2.41 bits per heavy atom. The van der Waals surface area contributed by atoms with Gasteiger partial charge in [-0.2, -0.15) is 0 Å². The summed E-state index contributed by atoms with van der Waals surface area (Å²) in [6, 6.07) is 14.0. The Kier molecular flexibility index (Phi) is 8.66. The van der Waals surface area contributed by atoms with E-state index in [1.54, 1.807) is 6.08 Å². The Morgan fingerprint density at radius 1 is 0.963 bits per heavy atom. The fraction of sp³-hybridized carbons (Fsp3) is 0.333. The lowest BCUT2D eigenvalue weighted by Gasteiger charge is -2.12. The second kappa shape index (κ2) is 11.2. The van der Waals surface area contributed by atoms with Crippen LogP contribution in [-0.4, -0.2) is 19.8 Å². The summed E-state index contributed by atoms with van der Waals surface area (Å²) in [5.41, 5.74) is 3.27. The fourth-order valence-electron chi connectivity index (χ4n) is 2.68. The van der Waals surface area contributed by atoms with Gasteiger partial charge in [-0.05, 0) is 69.0 Å². The SMILES string of the molecule is C=CCOCCCCCOc1ccc(C(=C)Oc2ccc(C)cc2C)cc1. The number of ether oxygens (including phenoxy) is 3. The highest BCUT2D eigenvalue weighted by atomic mass is 16.5. The quantitative estimate of drug-likeness (QED) is 0.258. The van der Waals surface area contributed by atoms with Gasteiger partial charge in [0.05, 0.1) is 13.2 Å². The number of rotatable bonds is 12. The van der Waals surface area contributed by atoms with Crippen molar-refractivity contribution in [3.05, 3.63) is 78.4 Å². The minimum Gasteiger partial charge on any atom is -0.494 e. The van der Waals surface area contributed by atoms with Crippen molar-refractivity contribution >= 4 is 5.76 Å². The first-order chi connectivity index (χ1) is 13.1. The summed E-state index contributed by atoms with van der Waals surface area (Å²) in [5, 5.41) is 0. The number of hydrogen-bond acceptors (Lipinski definition) is 3. The summed E-state index contributed by atoms with van der Waals surface area (Å²) >= 11 is 0.